The fraction of sp³-hybridized carbons (Fsp3) is 0.706. The van der Waals surface area contributed by atoms with Crippen LogP contribution in [0.5, 0.6) is 0 Å². The molecule has 2 atom stereocenters. The van der Waals surface area contributed by atoms with Gasteiger partial charge >= 0.3 is 0 Å². The summed E-state index contributed by atoms with van der Waals surface area (Å²) in [4.78, 5) is 14.7. The first-order chi connectivity index (χ1) is 10.7. The highest BCUT2D eigenvalue weighted by molar-refractivity contribution is 5.93. The van der Waals surface area contributed by atoms with Gasteiger partial charge in [-0.1, -0.05) is 0 Å². The van der Waals surface area contributed by atoms with Gasteiger partial charge in [0, 0.05) is 44.3 Å². The van der Waals surface area contributed by atoms with Crippen molar-refractivity contribution in [3.8, 4) is 0 Å². The van der Waals surface area contributed by atoms with Crippen LogP contribution in [0.4, 0.5) is 0 Å². The van der Waals surface area contributed by atoms with Crippen molar-refractivity contribution in [3.05, 3.63) is 24.0 Å². The van der Waals surface area contributed by atoms with Crippen LogP contribution in [0.15, 0.2) is 18.3 Å². The molecule has 22 heavy (non-hydrogen) atoms. The molecule has 1 amide bonds. The predicted molar refractivity (Wildman–Crippen MR) is 81.7 cm³/mol. The zero-order valence-corrected chi connectivity index (χ0v) is 13.1. The lowest BCUT2D eigenvalue weighted by Crippen LogP contribution is -2.62. The maximum absolute atomic E-state index is 12.8. The first kappa shape index (κ1) is 14.3. The molecule has 3 aliphatic rings. The number of carbonyl (C=O) groups excluding carboxylic acids is 1. The third-order valence-corrected chi connectivity index (χ3v) is 5.95. The quantitative estimate of drug-likeness (QED) is 0.927. The number of aliphatic hydroxyl groups excluding tert-OH is 1. The smallest absolute Gasteiger partial charge is 0.270 e. The minimum atomic E-state index is -0.273. The van der Waals surface area contributed by atoms with Gasteiger partial charge in [0.15, 0.2) is 0 Å². The third-order valence-electron chi connectivity index (χ3n) is 5.95. The monoisotopic (exact) mass is 304 g/mol. The Hall–Kier alpha value is -1.33. The van der Waals surface area contributed by atoms with Crippen molar-refractivity contribution in [1.82, 2.24) is 9.47 Å². The summed E-state index contributed by atoms with van der Waals surface area (Å²) in [5, 5.41) is 10.2. The first-order valence-electron chi connectivity index (χ1n) is 8.33. The molecule has 3 fully saturated rings. The van der Waals surface area contributed by atoms with Crippen LogP contribution < -0.4 is 0 Å². The summed E-state index contributed by atoms with van der Waals surface area (Å²) in [6.07, 6.45) is 6.66. The van der Waals surface area contributed by atoms with E-state index in [1.165, 1.54) is 12.8 Å². The van der Waals surface area contributed by atoms with E-state index in [1.807, 2.05) is 23.2 Å². The standard InChI is InChI=1S/C17H24N2O3/c1-22-15-11-14(20)17(15)6-9-18(10-7-17)16(21)13-3-2-8-19(13)12-4-5-12/h2-3,8,12,14-15,20H,4-7,9-11H2,1H3/t14-,15+/m0/s1. The molecule has 2 saturated carbocycles. The lowest BCUT2D eigenvalue weighted by molar-refractivity contribution is -0.199. The second-order valence-corrected chi connectivity index (χ2v) is 7.03. The molecule has 1 aromatic rings. The molecular weight excluding hydrogens is 280 g/mol. The number of ether oxygens (including phenoxy) is 1. The number of methoxy groups -OCH3 is 1. The fourth-order valence-corrected chi connectivity index (χ4v) is 4.25. The Labute approximate surface area is 130 Å². The Balaban J connectivity index is 1.45. The van der Waals surface area contributed by atoms with E-state index in [1.54, 1.807) is 7.11 Å². The van der Waals surface area contributed by atoms with Crippen LogP contribution in [0.1, 0.15) is 48.6 Å². The van der Waals surface area contributed by atoms with E-state index in [4.69, 9.17) is 4.74 Å². The molecular formula is C17H24N2O3. The van der Waals surface area contributed by atoms with E-state index in [0.717, 1.165) is 25.0 Å². The number of likely N-dealkylation sites (tertiary alicyclic amines) is 1. The van der Waals surface area contributed by atoms with Gasteiger partial charge in [-0.05, 0) is 37.8 Å². The number of hydrogen-bond donors (Lipinski definition) is 1. The molecule has 5 heteroatoms. The van der Waals surface area contributed by atoms with Crippen molar-refractivity contribution in [1.29, 1.82) is 0 Å². The second kappa shape index (κ2) is 5.10. The Kier molecular flexibility index (Phi) is 3.31. The van der Waals surface area contributed by atoms with Crippen molar-refractivity contribution in [2.75, 3.05) is 20.2 Å². The zero-order chi connectivity index (χ0) is 15.3. The second-order valence-electron chi connectivity index (χ2n) is 7.03. The number of rotatable bonds is 3. The van der Waals surface area contributed by atoms with Crippen molar-refractivity contribution in [2.24, 2.45) is 5.41 Å². The molecule has 2 heterocycles. The zero-order valence-electron chi connectivity index (χ0n) is 13.1. The molecule has 1 N–H and O–H groups in total. The van der Waals surface area contributed by atoms with Crippen LogP contribution in [0.3, 0.4) is 0 Å². The van der Waals surface area contributed by atoms with Gasteiger partial charge in [0.25, 0.3) is 5.91 Å². The van der Waals surface area contributed by atoms with E-state index in [0.29, 0.717) is 19.1 Å². The number of aromatic nitrogens is 1. The molecule has 1 spiro atoms. The normalized spacial score (nSPS) is 30.4. The SMILES string of the molecule is CO[C@@H]1C[C@H](O)C12CCN(C(=O)c1cccn1C1CC1)CC2. The summed E-state index contributed by atoms with van der Waals surface area (Å²) in [6, 6.07) is 4.42. The van der Waals surface area contributed by atoms with Gasteiger partial charge in [-0.2, -0.15) is 0 Å². The van der Waals surface area contributed by atoms with E-state index >= 15 is 0 Å². The molecule has 2 aliphatic carbocycles. The van der Waals surface area contributed by atoms with Crippen molar-refractivity contribution >= 4 is 5.91 Å². The van der Waals surface area contributed by atoms with Crippen LogP contribution in [0, 0.1) is 5.41 Å². The minimum absolute atomic E-state index is 0.121. The molecule has 1 aromatic heterocycles. The molecule has 4 rings (SSSR count). The van der Waals surface area contributed by atoms with Crippen molar-refractivity contribution in [3.63, 3.8) is 0 Å². The minimum Gasteiger partial charge on any atom is -0.392 e. The van der Waals surface area contributed by atoms with Crippen molar-refractivity contribution in [2.45, 2.75) is 50.4 Å². The predicted octanol–water partition coefficient (Wildman–Crippen LogP) is 1.82. The largest absolute Gasteiger partial charge is 0.392 e. The van der Waals surface area contributed by atoms with Gasteiger partial charge in [-0.3, -0.25) is 4.79 Å². The van der Waals surface area contributed by atoms with Crippen LogP contribution in [0.2, 0.25) is 0 Å². The van der Waals surface area contributed by atoms with Crippen LogP contribution >= 0.6 is 0 Å². The van der Waals surface area contributed by atoms with Gasteiger partial charge in [0.2, 0.25) is 0 Å². The Morgan fingerprint density at radius 3 is 2.68 bits per heavy atom. The molecule has 0 unspecified atom stereocenters. The summed E-state index contributed by atoms with van der Waals surface area (Å²) in [5.41, 5.74) is 0.695. The Morgan fingerprint density at radius 2 is 2.09 bits per heavy atom. The fourth-order valence-electron chi connectivity index (χ4n) is 4.25. The summed E-state index contributed by atoms with van der Waals surface area (Å²) in [7, 11) is 1.72. The van der Waals surface area contributed by atoms with Crippen LogP contribution in [-0.2, 0) is 4.74 Å². The summed E-state index contributed by atoms with van der Waals surface area (Å²) < 4.78 is 7.64. The average molecular weight is 304 g/mol. The maximum Gasteiger partial charge on any atom is 0.270 e. The van der Waals surface area contributed by atoms with Crippen LogP contribution in [0.25, 0.3) is 0 Å². The summed E-state index contributed by atoms with van der Waals surface area (Å²) in [5.74, 6) is 0.134. The number of hydrogen-bond acceptors (Lipinski definition) is 3. The molecule has 120 valence electrons. The average Bonchev–Trinajstić information content (AvgIpc) is 3.28. The number of amides is 1. The Bertz CT molecular complexity index is 570. The molecule has 0 radical (unpaired) electrons. The number of piperidine rings is 1. The Morgan fingerprint density at radius 1 is 1.36 bits per heavy atom. The maximum atomic E-state index is 12.8. The number of carbonyl (C=O) groups is 1. The van der Waals surface area contributed by atoms with E-state index in [-0.39, 0.29) is 23.5 Å². The number of nitrogens with zero attached hydrogens (tertiary/aromatic N) is 2. The molecule has 1 saturated heterocycles. The number of aliphatic hydroxyl groups is 1. The topological polar surface area (TPSA) is 54.7 Å². The van der Waals surface area contributed by atoms with E-state index < -0.39 is 0 Å². The van der Waals surface area contributed by atoms with E-state index in [2.05, 4.69) is 4.57 Å². The molecule has 1 aliphatic heterocycles. The molecule has 5 nitrogen and oxygen atoms in total. The lowest BCUT2D eigenvalue weighted by Gasteiger charge is -2.56. The highest BCUT2D eigenvalue weighted by Gasteiger charge is 2.56. The molecule has 0 aromatic carbocycles. The highest BCUT2D eigenvalue weighted by atomic mass is 16.5. The van der Waals surface area contributed by atoms with Crippen LogP contribution in [-0.4, -0.2) is 52.9 Å². The van der Waals surface area contributed by atoms with Gasteiger partial charge in [-0.15, -0.1) is 0 Å². The third kappa shape index (κ3) is 2.02. The van der Waals surface area contributed by atoms with E-state index in [9.17, 15) is 9.90 Å². The lowest BCUT2D eigenvalue weighted by atomic mass is 9.58. The molecule has 0 bridgehead atoms. The van der Waals surface area contributed by atoms with Gasteiger partial charge in [-0.25, -0.2) is 0 Å². The van der Waals surface area contributed by atoms with Gasteiger partial charge < -0.3 is 19.3 Å². The van der Waals surface area contributed by atoms with Gasteiger partial charge in [0.1, 0.15) is 5.69 Å². The summed E-state index contributed by atoms with van der Waals surface area (Å²) >= 11 is 0. The first-order valence-corrected chi connectivity index (χ1v) is 8.33. The van der Waals surface area contributed by atoms with Gasteiger partial charge in [0.05, 0.1) is 12.2 Å². The van der Waals surface area contributed by atoms with Crippen molar-refractivity contribution < 1.29 is 14.6 Å². The highest BCUT2D eigenvalue weighted by Crippen LogP contribution is 2.50. The summed E-state index contributed by atoms with van der Waals surface area (Å²) in [6.45, 7) is 1.43.